The number of hydrogen-bond acceptors (Lipinski definition) is 2. The molecule has 3 aromatic rings. The molecule has 3 aromatic carbocycles. The molecule has 0 radical (unpaired) electrons. The van der Waals surface area contributed by atoms with E-state index in [0.717, 1.165) is 36.6 Å². The van der Waals surface area contributed by atoms with Gasteiger partial charge in [0.1, 0.15) is 5.75 Å². The van der Waals surface area contributed by atoms with E-state index in [-0.39, 0.29) is 0 Å². The van der Waals surface area contributed by atoms with Gasteiger partial charge in [-0.2, -0.15) is 0 Å². The van der Waals surface area contributed by atoms with Crippen molar-refractivity contribution in [1.82, 2.24) is 0 Å². The van der Waals surface area contributed by atoms with Gasteiger partial charge in [-0.05, 0) is 86.8 Å². The number of anilines is 3. The molecule has 140 valence electrons. The van der Waals surface area contributed by atoms with E-state index in [1.165, 1.54) is 22.4 Å². The van der Waals surface area contributed by atoms with Gasteiger partial charge in [-0.3, -0.25) is 0 Å². The maximum atomic E-state index is 5.82. The molecule has 27 heavy (non-hydrogen) atoms. The van der Waals surface area contributed by atoms with Gasteiger partial charge in [0.15, 0.2) is 0 Å². The van der Waals surface area contributed by atoms with Crippen molar-refractivity contribution in [3.05, 3.63) is 83.4 Å². The fraction of sp³-hybridized carbons (Fsp3) is 0.280. The zero-order valence-corrected chi connectivity index (χ0v) is 16.8. The largest absolute Gasteiger partial charge is 0.494 e. The lowest BCUT2D eigenvalue weighted by molar-refractivity contribution is 0.309. The second-order valence-corrected chi connectivity index (χ2v) is 7.14. The van der Waals surface area contributed by atoms with Crippen molar-refractivity contribution in [2.24, 2.45) is 0 Å². The Kier molecular flexibility index (Phi) is 6.18. The fourth-order valence-electron chi connectivity index (χ4n) is 3.03. The second-order valence-electron chi connectivity index (χ2n) is 7.14. The van der Waals surface area contributed by atoms with E-state index in [9.17, 15) is 0 Å². The lowest BCUT2D eigenvalue weighted by Gasteiger charge is -2.26. The molecule has 3 rings (SSSR count). The first-order valence-corrected chi connectivity index (χ1v) is 9.75. The quantitative estimate of drug-likeness (QED) is 0.412. The zero-order valence-electron chi connectivity index (χ0n) is 16.8. The molecule has 0 aliphatic carbocycles. The first-order chi connectivity index (χ1) is 13.1. The van der Waals surface area contributed by atoms with E-state index in [1.54, 1.807) is 0 Å². The van der Waals surface area contributed by atoms with Crippen LogP contribution in [0, 0.1) is 20.8 Å². The van der Waals surface area contributed by atoms with Crippen molar-refractivity contribution >= 4 is 17.1 Å². The van der Waals surface area contributed by atoms with E-state index in [2.05, 4.69) is 99.3 Å². The summed E-state index contributed by atoms with van der Waals surface area (Å²) in [6, 6.07) is 23.7. The molecule has 2 heteroatoms. The normalized spacial score (nSPS) is 10.7. The van der Waals surface area contributed by atoms with Crippen LogP contribution in [0.15, 0.2) is 66.7 Å². The molecule has 0 aliphatic rings. The Hall–Kier alpha value is -2.74. The SMILES string of the molecule is CCCCOc1ccc(N(c2ccc(C)cc2)c2ccc(C)c(C)c2)cc1. The summed E-state index contributed by atoms with van der Waals surface area (Å²) >= 11 is 0. The van der Waals surface area contributed by atoms with E-state index in [1.807, 2.05) is 0 Å². The highest BCUT2D eigenvalue weighted by molar-refractivity contribution is 5.77. The van der Waals surface area contributed by atoms with Crippen LogP contribution in [0.25, 0.3) is 0 Å². The van der Waals surface area contributed by atoms with Gasteiger partial charge in [0.2, 0.25) is 0 Å². The highest BCUT2D eigenvalue weighted by atomic mass is 16.5. The van der Waals surface area contributed by atoms with Crippen LogP contribution in [0.4, 0.5) is 17.1 Å². The minimum absolute atomic E-state index is 0.772. The smallest absolute Gasteiger partial charge is 0.119 e. The average Bonchev–Trinajstić information content (AvgIpc) is 2.68. The van der Waals surface area contributed by atoms with Gasteiger partial charge in [-0.25, -0.2) is 0 Å². The Morgan fingerprint density at radius 2 is 1.30 bits per heavy atom. The molecular formula is C25H29NO. The average molecular weight is 360 g/mol. The minimum Gasteiger partial charge on any atom is -0.494 e. The van der Waals surface area contributed by atoms with Crippen molar-refractivity contribution in [3.8, 4) is 5.75 Å². The maximum absolute atomic E-state index is 5.82. The molecule has 0 amide bonds. The molecule has 0 unspecified atom stereocenters. The Morgan fingerprint density at radius 1 is 0.704 bits per heavy atom. The van der Waals surface area contributed by atoms with Crippen molar-refractivity contribution in [3.63, 3.8) is 0 Å². The third-order valence-corrected chi connectivity index (χ3v) is 4.90. The Bertz CT molecular complexity index is 866. The summed E-state index contributed by atoms with van der Waals surface area (Å²) < 4.78 is 5.82. The van der Waals surface area contributed by atoms with Crippen LogP contribution in [0.1, 0.15) is 36.5 Å². The van der Waals surface area contributed by atoms with Gasteiger partial charge < -0.3 is 9.64 Å². The molecule has 0 atom stereocenters. The van der Waals surface area contributed by atoms with Crippen molar-refractivity contribution in [1.29, 1.82) is 0 Å². The van der Waals surface area contributed by atoms with Gasteiger partial charge in [0.05, 0.1) is 6.61 Å². The lowest BCUT2D eigenvalue weighted by atomic mass is 10.1. The van der Waals surface area contributed by atoms with E-state index in [4.69, 9.17) is 4.74 Å². The van der Waals surface area contributed by atoms with Crippen LogP contribution in [-0.4, -0.2) is 6.61 Å². The second kappa shape index (κ2) is 8.77. The summed E-state index contributed by atoms with van der Waals surface area (Å²) in [6.45, 7) is 9.38. The minimum atomic E-state index is 0.772. The van der Waals surface area contributed by atoms with E-state index in [0.29, 0.717) is 0 Å². The van der Waals surface area contributed by atoms with E-state index >= 15 is 0 Å². The van der Waals surface area contributed by atoms with Gasteiger partial charge in [0.25, 0.3) is 0 Å². The number of nitrogens with zero attached hydrogens (tertiary/aromatic N) is 1. The lowest BCUT2D eigenvalue weighted by Crippen LogP contribution is -2.10. The first kappa shape index (κ1) is 19.0. The van der Waals surface area contributed by atoms with Crippen molar-refractivity contribution in [2.75, 3.05) is 11.5 Å². The number of unbranched alkanes of at least 4 members (excludes halogenated alkanes) is 1. The number of aryl methyl sites for hydroxylation is 3. The molecule has 0 heterocycles. The predicted molar refractivity (Wildman–Crippen MR) is 116 cm³/mol. The van der Waals surface area contributed by atoms with Gasteiger partial charge in [-0.15, -0.1) is 0 Å². The molecule has 2 nitrogen and oxygen atoms in total. The Balaban J connectivity index is 1.96. The molecule has 0 saturated heterocycles. The highest BCUT2D eigenvalue weighted by Crippen LogP contribution is 2.36. The molecule has 0 fully saturated rings. The summed E-state index contributed by atoms with van der Waals surface area (Å²) in [7, 11) is 0. The van der Waals surface area contributed by atoms with Crippen molar-refractivity contribution in [2.45, 2.75) is 40.5 Å². The van der Waals surface area contributed by atoms with Gasteiger partial charge in [0, 0.05) is 17.1 Å². The monoisotopic (exact) mass is 359 g/mol. The highest BCUT2D eigenvalue weighted by Gasteiger charge is 2.13. The van der Waals surface area contributed by atoms with E-state index < -0.39 is 0 Å². The standard InChI is InChI=1S/C25H29NO/c1-5-6-17-27-25-15-13-23(14-16-25)26(22-10-7-19(2)8-11-22)24-12-9-20(3)21(4)18-24/h7-16,18H,5-6,17H2,1-4H3. The molecule has 0 N–H and O–H groups in total. The number of rotatable bonds is 7. The topological polar surface area (TPSA) is 12.5 Å². The molecular weight excluding hydrogens is 330 g/mol. The molecule has 0 bridgehead atoms. The molecule has 0 aliphatic heterocycles. The van der Waals surface area contributed by atoms with Crippen LogP contribution in [0.2, 0.25) is 0 Å². The van der Waals surface area contributed by atoms with Crippen LogP contribution < -0.4 is 9.64 Å². The van der Waals surface area contributed by atoms with Gasteiger partial charge >= 0.3 is 0 Å². The third kappa shape index (κ3) is 4.71. The Labute approximate surface area is 163 Å². The van der Waals surface area contributed by atoms with Crippen molar-refractivity contribution < 1.29 is 4.74 Å². The van der Waals surface area contributed by atoms with Crippen LogP contribution in [0.5, 0.6) is 5.75 Å². The summed E-state index contributed by atoms with van der Waals surface area (Å²) in [6.07, 6.45) is 2.23. The van der Waals surface area contributed by atoms with Crippen LogP contribution in [0.3, 0.4) is 0 Å². The molecule has 0 saturated carbocycles. The number of benzene rings is 3. The van der Waals surface area contributed by atoms with Crippen LogP contribution in [-0.2, 0) is 0 Å². The zero-order chi connectivity index (χ0) is 19.2. The molecule has 0 spiro atoms. The Morgan fingerprint density at radius 3 is 1.89 bits per heavy atom. The number of hydrogen-bond donors (Lipinski definition) is 0. The predicted octanol–water partition coefficient (Wildman–Crippen LogP) is 7.26. The summed E-state index contributed by atoms with van der Waals surface area (Å²) in [5, 5.41) is 0. The maximum Gasteiger partial charge on any atom is 0.119 e. The number of ether oxygens (including phenoxy) is 1. The third-order valence-electron chi connectivity index (χ3n) is 4.90. The summed E-state index contributed by atoms with van der Waals surface area (Å²) in [5.74, 6) is 0.927. The first-order valence-electron chi connectivity index (χ1n) is 9.75. The molecule has 0 aromatic heterocycles. The fourth-order valence-corrected chi connectivity index (χ4v) is 3.03. The summed E-state index contributed by atoms with van der Waals surface area (Å²) in [4.78, 5) is 2.29. The van der Waals surface area contributed by atoms with Gasteiger partial charge in [-0.1, -0.05) is 37.1 Å². The summed E-state index contributed by atoms with van der Waals surface area (Å²) in [5.41, 5.74) is 7.32. The van der Waals surface area contributed by atoms with Crippen LogP contribution >= 0.6 is 0 Å².